The Kier molecular flexibility index (Phi) is 3.48. The molecule has 2 aromatic rings. The molecule has 0 radical (unpaired) electrons. The lowest BCUT2D eigenvalue weighted by Crippen LogP contribution is -2.01. The quantitative estimate of drug-likeness (QED) is 0.888. The zero-order valence-corrected chi connectivity index (χ0v) is 11.1. The van der Waals surface area contributed by atoms with Gasteiger partial charge in [0.15, 0.2) is 0 Å². The first-order valence-corrected chi connectivity index (χ1v) is 5.93. The fraction of sp³-hybridized carbons (Fsp3) is 0.200. The van der Waals surface area contributed by atoms with Crippen molar-refractivity contribution in [3.8, 4) is 6.07 Å². The molecule has 4 heteroatoms. The van der Waals surface area contributed by atoms with Gasteiger partial charge in [-0.2, -0.15) is 5.26 Å². The molecule has 2 rings (SSSR count). The van der Waals surface area contributed by atoms with Crippen LogP contribution in [0.4, 0.5) is 15.8 Å². The van der Waals surface area contributed by atoms with Crippen LogP contribution in [0.5, 0.6) is 0 Å². The number of anilines is 2. The van der Waals surface area contributed by atoms with Crippen LogP contribution >= 0.6 is 0 Å². The van der Waals surface area contributed by atoms with E-state index in [-0.39, 0.29) is 5.82 Å². The van der Waals surface area contributed by atoms with Crippen molar-refractivity contribution in [2.45, 2.75) is 20.8 Å². The minimum absolute atomic E-state index is 0.346. The highest BCUT2D eigenvalue weighted by molar-refractivity contribution is 5.68. The van der Waals surface area contributed by atoms with Crippen molar-refractivity contribution in [2.24, 2.45) is 0 Å². The van der Waals surface area contributed by atoms with E-state index >= 15 is 0 Å². The van der Waals surface area contributed by atoms with Crippen molar-refractivity contribution >= 4 is 11.4 Å². The van der Waals surface area contributed by atoms with E-state index < -0.39 is 0 Å². The number of nitriles is 1. The summed E-state index contributed by atoms with van der Waals surface area (Å²) in [6.07, 6.45) is 0. The zero-order valence-electron chi connectivity index (χ0n) is 11.1. The monoisotopic (exact) mass is 255 g/mol. The third-order valence-electron chi connectivity index (χ3n) is 2.83. The second-order valence-corrected chi connectivity index (χ2v) is 4.49. The molecule has 3 nitrogen and oxygen atoms in total. The molecule has 96 valence electrons. The van der Waals surface area contributed by atoms with E-state index in [9.17, 15) is 4.39 Å². The normalized spacial score (nSPS) is 10.1. The van der Waals surface area contributed by atoms with Gasteiger partial charge in [-0.25, -0.2) is 4.39 Å². The standard InChI is InChI=1S/C15H14FN3/c1-9-4-5-13(16)15(6-9)19-14-7-10(2)18-11(3)12(14)8-17/h4-7H,1-3H3,(H,18,19). The molecule has 0 unspecified atom stereocenters. The van der Waals surface area contributed by atoms with Gasteiger partial charge in [-0.05, 0) is 44.5 Å². The molecule has 0 aliphatic heterocycles. The van der Waals surface area contributed by atoms with Gasteiger partial charge < -0.3 is 5.32 Å². The van der Waals surface area contributed by atoms with Gasteiger partial charge in [0.2, 0.25) is 0 Å². The predicted octanol–water partition coefficient (Wildman–Crippen LogP) is 3.76. The molecule has 0 spiro atoms. The number of hydrogen-bond donors (Lipinski definition) is 1. The number of aromatic nitrogens is 1. The topological polar surface area (TPSA) is 48.7 Å². The summed E-state index contributed by atoms with van der Waals surface area (Å²) in [6.45, 7) is 5.49. The van der Waals surface area contributed by atoms with Crippen LogP contribution in [-0.2, 0) is 0 Å². The van der Waals surface area contributed by atoms with Crippen LogP contribution in [0.2, 0.25) is 0 Å². The lowest BCUT2D eigenvalue weighted by atomic mass is 10.1. The van der Waals surface area contributed by atoms with Gasteiger partial charge in [-0.15, -0.1) is 0 Å². The number of pyridine rings is 1. The van der Waals surface area contributed by atoms with Crippen molar-refractivity contribution in [3.05, 3.63) is 52.6 Å². The first-order chi connectivity index (χ1) is 9.01. The SMILES string of the molecule is Cc1ccc(F)c(Nc2cc(C)nc(C)c2C#N)c1. The molecule has 0 saturated heterocycles. The van der Waals surface area contributed by atoms with E-state index in [1.165, 1.54) is 6.07 Å². The van der Waals surface area contributed by atoms with Crippen LogP contribution in [0.25, 0.3) is 0 Å². The molecule has 0 aliphatic rings. The van der Waals surface area contributed by atoms with Crippen LogP contribution in [0.3, 0.4) is 0 Å². The van der Waals surface area contributed by atoms with E-state index in [1.807, 2.05) is 13.8 Å². The Morgan fingerprint density at radius 2 is 1.89 bits per heavy atom. The van der Waals surface area contributed by atoms with Crippen molar-refractivity contribution in [1.82, 2.24) is 4.98 Å². The Bertz CT molecular complexity index is 672. The third-order valence-corrected chi connectivity index (χ3v) is 2.83. The third kappa shape index (κ3) is 2.71. The maximum Gasteiger partial charge on any atom is 0.146 e. The first-order valence-electron chi connectivity index (χ1n) is 5.93. The Balaban J connectivity index is 2.49. The highest BCUT2D eigenvalue weighted by atomic mass is 19.1. The Labute approximate surface area is 111 Å². The predicted molar refractivity (Wildman–Crippen MR) is 72.8 cm³/mol. The minimum Gasteiger partial charge on any atom is -0.352 e. The number of nitrogens with zero attached hydrogens (tertiary/aromatic N) is 2. The number of nitrogens with one attached hydrogen (secondary N) is 1. The maximum atomic E-state index is 13.7. The summed E-state index contributed by atoms with van der Waals surface area (Å²) in [5.74, 6) is -0.346. The fourth-order valence-electron chi connectivity index (χ4n) is 1.95. The molecular formula is C15H14FN3. The molecule has 0 aliphatic carbocycles. The van der Waals surface area contributed by atoms with Crippen LogP contribution in [0.1, 0.15) is 22.5 Å². The number of halogens is 1. The van der Waals surface area contributed by atoms with Gasteiger partial charge in [0.1, 0.15) is 11.9 Å². The molecular weight excluding hydrogens is 241 g/mol. The average molecular weight is 255 g/mol. The van der Waals surface area contributed by atoms with E-state index in [4.69, 9.17) is 5.26 Å². The Morgan fingerprint density at radius 3 is 2.58 bits per heavy atom. The van der Waals surface area contributed by atoms with Gasteiger partial charge in [0, 0.05) is 5.69 Å². The summed E-state index contributed by atoms with van der Waals surface area (Å²) >= 11 is 0. The average Bonchev–Trinajstić information content (AvgIpc) is 2.33. The first kappa shape index (κ1) is 13.0. The number of rotatable bonds is 2. The number of hydrogen-bond acceptors (Lipinski definition) is 3. The molecule has 0 saturated carbocycles. The van der Waals surface area contributed by atoms with Gasteiger partial charge in [-0.1, -0.05) is 6.07 Å². The van der Waals surface area contributed by atoms with Crippen molar-refractivity contribution in [2.75, 3.05) is 5.32 Å². The van der Waals surface area contributed by atoms with Gasteiger partial charge in [0.05, 0.1) is 22.6 Å². The molecule has 19 heavy (non-hydrogen) atoms. The Hall–Kier alpha value is -2.41. The maximum absolute atomic E-state index is 13.7. The van der Waals surface area contributed by atoms with Crippen molar-refractivity contribution < 1.29 is 4.39 Å². The van der Waals surface area contributed by atoms with E-state index in [0.717, 1.165) is 11.3 Å². The van der Waals surface area contributed by atoms with Crippen LogP contribution in [-0.4, -0.2) is 4.98 Å². The second-order valence-electron chi connectivity index (χ2n) is 4.49. The van der Waals surface area contributed by atoms with Crippen LogP contribution in [0.15, 0.2) is 24.3 Å². The van der Waals surface area contributed by atoms with Crippen LogP contribution in [0, 0.1) is 37.9 Å². The summed E-state index contributed by atoms with van der Waals surface area (Å²) < 4.78 is 13.7. The lowest BCUT2D eigenvalue weighted by molar-refractivity contribution is 0.631. The smallest absolute Gasteiger partial charge is 0.146 e. The lowest BCUT2D eigenvalue weighted by Gasteiger charge is -2.12. The summed E-state index contributed by atoms with van der Waals surface area (Å²) in [4.78, 5) is 4.23. The van der Waals surface area contributed by atoms with Crippen molar-refractivity contribution in [3.63, 3.8) is 0 Å². The summed E-state index contributed by atoms with van der Waals surface area (Å²) in [5, 5.41) is 12.1. The molecule has 0 fully saturated rings. The molecule has 1 aromatic heterocycles. The van der Waals surface area contributed by atoms with E-state index in [2.05, 4.69) is 16.4 Å². The largest absolute Gasteiger partial charge is 0.352 e. The summed E-state index contributed by atoms with van der Waals surface area (Å²) in [7, 11) is 0. The highest BCUT2D eigenvalue weighted by Gasteiger charge is 2.10. The molecule has 0 bridgehead atoms. The summed E-state index contributed by atoms with van der Waals surface area (Å²) in [5.41, 5.74) is 3.75. The van der Waals surface area contributed by atoms with E-state index in [1.54, 1.807) is 25.1 Å². The minimum atomic E-state index is -0.346. The zero-order chi connectivity index (χ0) is 14.0. The van der Waals surface area contributed by atoms with E-state index in [0.29, 0.717) is 22.6 Å². The van der Waals surface area contributed by atoms with Gasteiger partial charge >= 0.3 is 0 Å². The molecule has 0 atom stereocenters. The number of aryl methyl sites for hydroxylation is 3. The van der Waals surface area contributed by atoms with Crippen LogP contribution < -0.4 is 5.32 Å². The summed E-state index contributed by atoms with van der Waals surface area (Å²) in [6, 6.07) is 8.66. The number of benzene rings is 1. The van der Waals surface area contributed by atoms with Gasteiger partial charge in [0.25, 0.3) is 0 Å². The molecule has 0 amide bonds. The molecule has 1 heterocycles. The van der Waals surface area contributed by atoms with Crippen molar-refractivity contribution in [1.29, 1.82) is 5.26 Å². The molecule has 1 N–H and O–H groups in total. The molecule has 1 aromatic carbocycles. The second kappa shape index (κ2) is 5.07. The fourth-order valence-corrected chi connectivity index (χ4v) is 1.95. The van der Waals surface area contributed by atoms with Gasteiger partial charge in [-0.3, -0.25) is 4.98 Å². The highest BCUT2D eigenvalue weighted by Crippen LogP contribution is 2.25. The Morgan fingerprint density at radius 1 is 1.16 bits per heavy atom.